The third-order valence-corrected chi connectivity index (χ3v) is 7.70. The standard InChI is InChI=1S/C29H40N4O3/c1-29(2,3)36-24-10-7-20(8-11-24)28(34)33-19-21-6-5-15-30-27(21)31-25-12-9-22(18-26(25)33)32-16-13-23(35-4)14-17-32/h5-6,9,12,15,18,20,23-24H,7-8,10-11,13-14,16-17,19H2,1-4H3,(H,30,31). The predicted octanol–water partition coefficient (Wildman–Crippen LogP) is 5.66. The molecule has 194 valence electrons. The summed E-state index contributed by atoms with van der Waals surface area (Å²) in [7, 11) is 1.80. The minimum absolute atomic E-state index is 0.0111. The van der Waals surface area contributed by atoms with E-state index in [-0.39, 0.29) is 23.5 Å². The summed E-state index contributed by atoms with van der Waals surface area (Å²) in [4.78, 5) is 23.0. The van der Waals surface area contributed by atoms with Crippen LogP contribution in [0.4, 0.5) is 22.9 Å². The molecule has 0 unspecified atom stereocenters. The summed E-state index contributed by atoms with van der Waals surface area (Å²) in [5.41, 5.74) is 3.92. The Kier molecular flexibility index (Phi) is 7.22. The van der Waals surface area contributed by atoms with Gasteiger partial charge in [-0.2, -0.15) is 0 Å². The maximum absolute atomic E-state index is 14.0. The van der Waals surface area contributed by atoms with E-state index in [0.717, 1.165) is 80.1 Å². The summed E-state index contributed by atoms with van der Waals surface area (Å²) >= 11 is 0. The van der Waals surface area contributed by atoms with Gasteiger partial charge in [-0.3, -0.25) is 4.79 Å². The number of aromatic nitrogens is 1. The first-order valence-electron chi connectivity index (χ1n) is 13.4. The lowest BCUT2D eigenvalue weighted by Crippen LogP contribution is -2.39. The Labute approximate surface area is 215 Å². The van der Waals surface area contributed by atoms with Gasteiger partial charge < -0.3 is 24.6 Å². The van der Waals surface area contributed by atoms with Crippen molar-refractivity contribution >= 4 is 28.8 Å². The molecule has 0 atom stereocenters. The molecule has 1 saturated carbocycles. The maximum atomic E-state index is 14.0. The van der Waals surface area contributed by atoms with Crippen molar-refractivity contribution in [3.05, 3.63) is 42.1 Å². The summed E-state index contributed by atoms with van der Waals surface area (Å²) < 4.78 is 11.8. The van der Waals surface area contributed by atoms with Gasteiger partial charge >= 0.3 is 0 Å². The molecular weight excluding hydrogens is 452 g/mol. The van der Waals surface area contributed by atoms with Gasteiger partial charge in [-0.15, -0.1) is 0 Å². The number of fused-ring (bicyclic) bond motifs is 2. The highest BCUT2D eigenvalue weighted by atomic mass is 16.5. The average molecular weight is 493 g/mol. The Hall–Kier alpha value is -2.64. The van der Waals surface area contributed by atoms with Crippen LogP contribution in [0.25, 0.3) is 0 Å². The second-order valence-electron chi connectivity index (χ2n) is 11.4. The van der Waals surface area contributed by atoms with Gasteiger partial charge in [0.25, 0.3) is 0 Å². The van der Waals surface area contributed by atoms with Gasteiger partial charge in [-0.25, -0.2) is 4.98 Å². The largest absolute Gasteiger partial charge is 0.381 e. The number of anilines is 4. The second kappa shape index (κ2) is 10.4. The summed E-state index contributed by atoms with van der Waals surface area (Å²) in [6.07, 6.45) is 7.99. The number of carbonyl (C=O) groups excluding carboxylic acids is 1. The molecule has 1 aromatic heterocycles. The molecule has 0 spiro atoms. The smallest absolute Gasteiger partial charge is 0.230 e. The minimum atomic E-state index is -0.151. The summed E-state index contributed by atoms with van der Waals surface area (Å²) in [5, 5.41) is 3.51. The third-order valence-electron chi connectivity index (χ3n) is 7.70. The number of piperidine rings is 1. The Balaban J connectivity index is 1.40. The van der Waals surface area contributed by atoms with Gasteiger partial charge in [0.15, 0.2) is 0 Å². The molecule has 1 saturated heterocycles. The number of pyridine rings is 1. The molecule has 0 bridgehead atoms. The molecule has 2 aromatic rings. The molecule has 2 fully saturated rings. The number of nitrogens with one attached hydrogen (secondary N) is 1. The fourth-order valence-corrected chi connectivity index (χ4v) is 5.80. The molecule has 1 N–H and O–H groups in total. The van der Waals surface area contributed by atoms with Crippen molar-refractivity contribution < 1.29 is 14.3 Å². The fourth-order valence-electron chi connectivity index (χ4n) is 5.80. The average Bonchev–Trinajstić information content (AvgIpc) is 3.04. The topological polar surface area (TPSA) is 66.9 Å². The number of ether oxygens (including phenoxy) is 2. The fraction of sp³-hybridized carbons (Fsp3) is 0.586. The normalized spacial score (nSPS) is 22.9. The summed E-state index contributed by atoms with van der Waals surface area (Å²) in [6, 6.07) is 10.5. The Morgan fingerprint density at radius 3 is 2.47 bits per heavy atom. The number of benzene rings is 1. The zero-order valence-electron chi connectivity index (χ0n) is 22.1. The van der Waals surface area contributed by atoms with Crippen LogP contribution in [-0.4, -0.2) is 48.9 Å². The summed E-state index contributed by atoms with van der Waals surface area (Å²) in [5.74, 6) is 1.04. The summed E-state index contributed by atoms with van der Waals surface area (Å²) in [6.45, 7) is 8.75. The monoisotopic (exact) mass is 492 g/mol. The number of hydrogen-bond donors (Lipinski definition) is 1. The van der Waals surface area contributed by atoms with Crippen LogP contribution in [0, 0.1) is 5.92 Å². The van der Waals surface area contributed by atoms with E-state index >= 15 is 0 Å². The Morgan fingerprint density at radius 1 is 1.03 bits per heavy atom. The first kappa shape index (κ1) is 25.0. The lowest BCUT2D eigenvalue weighted by molar-refractivity contribution is -0.126. The third kappa shape index (κ3) is 5.52. The van der Waals surface area contributed by atoms with Gasteiger partial charge in [-0.1, -0.05) is 6.07 Å². The Bertz CT molecular complexity index is 1070. The van der Waals surface area contributed by atoms with E-state index < -0.39 is 0 Å². The van der Waals surface area contributed by atoms with Crippen LogP contribution in [0.2, 0.25) is 0 Å². The van der Waals surface area contributed by atoms with Crippen molar-refractivity contribution in [3.8, 4) is 0 Å². The van der Waals surface area contributed by atoms with Crippen LogP contribution >= 0.6 is 0 Å². The molecule has 1 aliphatic carbocycles. The van der Waals surface area contributed by atoms with Gasteiger partial charge in [-0.05, 0) is 83.6 Å². The molecule has 0 radical (unpaired) electrons. The zero-order chi connectivity index (χ0) is 25.3. The van der Waals surface area contributed by atoms with E-state index in [4.69, 9.17) is 9.47 Å². The first-order valence-corrected chi connectivity index (χ1v) is 13.4. The molecule has 36 heavy (non-hydrogen) atoms. The first-order chi connectivity index (χ1) is 17.3. The predicted molar refractivity (Wildman–Crippen MR) is 144 cm³/mol. The van der Waals surface area contributed by atoms with Gasteiger partial charge in [0, 0.05) is 43.6 Å². The van der Waals surface area contributed by atoms with Gasteiger partial charge in [0.1, 0.15) is 5.82 Å². The number of amides is 1. The molecule has 3 heterocycles. The lowest BCUT2D eigenvalue weighted by Gasteiger charge is -2.36. The lowest BCUT2D eigenvalue weighted by atomic mass is 9.86. The molecule has 1 aromatic carbocycles. The molecule has 5 rings (SSSR count). The molecular formula is C29H40N4O3. The number of carbonyl (C=O) groups is 1. The highest BCUT2D eigenvalue weighted by molar-refractivity contribution is 6.00. The Morgan fingerprint density at radius 2 is 1.78 bits per heavy atom. The van der Waals surface area contributed by atoms with Crippen LogP contribution in [0.15, 0.2) is 36.5 Å². The van der Waals surface area contributed by atoms with E-state index in [9.17, 15) is 4.79 Å². The number of hydrogen-bond acceptors (Lipinski definition) is 6. The SMILES string of the molecule is COC1CCN(c2ccc3c(c2)N(C(=O)C2CCC(OC(C)(C)C)CC2)Cc2cccnc2N3)CC1. The molecule has 7 nitrogen and oxygen atoms in total. The highest BCUT2D eigenvalue weighted by Crippen LogP contribution is 2.40. The van der Waals surface area contributed by atoms with Gasteiger partial charge in [0.05, 0.1) is 35.7 Å². The van der Waals surface area contributed by atoms with Crippen molar-refractivity contribution in [1.82, 2.24) is 4.98 Å². The van der Waals surface area contributed by atoms with Crippen LogP contribution in [0.3, 0.4) is 0 Å². The van der Waals surface area contributed by atoms with Crippen LogP contribution in [0.1, 0.15) is 64.9 Å². The van der Waals surface area contributed by atoms with Crippen LogP contribution in [-0.2, 0) is 20.8 Å². The molecule has 1 amide bonds. The van der Waals surface area contributed by atoms with Gasteiger partial charge in [0.2, 0.25) is 5.91 Å². The molecule has 3 aliphatic rings. The van der Waals surface area contributed by atoms with E-state index in [1.807, 2.05) is 11.0 Å². The highest BCUT2D eigenvalue weighted by Gasteiger charge is 2.34. The molecule has 2 aliphatic heterocycles. The van der Waals surface area contributed by atoms with Crippen molar-refractivity contribution in [2.24, 2.45) is 5.92 Å². The zero-order valence-corrected chi connectivity index (χ0v) is 22.1. The van der Waals surface area contributed by atoms with Crippen molar-refractivity contribution in [2.75, 3.05) is 35.3 Å². The quantitative estimate of drug-likeness (QED) is 0.594. The van der Waals surface area contributed by atoms with E-state index in [2.05, 4.69) is 60.2 Å². The van der Waals surface area contributed by atoms with Crippen molar-refractivity contribution in [2.45, 2.75) is 83.6 Å². The number of nitrogens with zero attached hydrogens (tertiary/aromatic N) is 3. The van der Waals surface area contributed by atoms with E-state index in [1.165, 1.54) is 0 Å². The number of rotatable bonds is 4. The van der Waals surface area contributed by atoms with Crippen LogP contribution < -0.4 is 15.1 Å². The minimum Gasteiger partial charge on any atom is -0.381 e. The number of methoxy groups -OCH3 is 1. The van der Waals surface area contributed by atoms with Crippen LogP contribution in [0.5, 0.6) is 0 Å². The second-order valence-corrected chi connectivity index (χ2v) is 11.4. The van der Waals surface area contributed by atoms with Crippen molar-refractivity contribution in [3.63, 3.8) is 0 Å². The van der Waals surface area contributed by atoms with E-state index in [1.54, 1.807) is 13.3 Å². The maximum Gasteiger partial charge on any atom is 0.230 e. The van der Waals surface area contributed by atoms with E-state index in [0.29, 0.717) is 12.6 Å². The van der Waals surface area contributed by atoms with Crippen molar-refractivity contribution in [1.29, 1.82) is 0 Å². The molecule has 7 heteroatoms.